The SMILES string of the molecule is CCCC(COC)NCc1ccc(C)nc1. The van der Waals surface area contributed by atoms with E-state index in [1.807, 2.05) is 19.2 Å². The van der Waals surface area contributed by atoms with Gasteiger partial charge in [0, 0.05) is 31.6 Å². The number of ether oxygens (including phenoxy) is 1. The number of methoxy groups -OCH3 is 1. The lowest BCUT2D eigenvalue weighted by Gasteiger charge is -2.17. The third kappa shape index (κ3) is 4.73. The number of hydrogen-bond acceptors (Lipinski definition) is 3. The van der Waals surface area contributed by atoms with E-state index in [4.69, 9.17) is 4.74 Å². The Kier molecular flexibility index (Phi) is 6.04. The molecule has 1 N–H and O–H groups in total. The molecule has 0 amide bonds. The molecule has 0 aliphatic carbocycles. The largest absolute Gasteiger partial charge is 0.383 e. The van der Waals surface area contributed by atoms with Crippen LogP contribution in [-0.2, 0) is 11.3 Å². The van der Waals surface area contributed by atoms with Gasteiger partial charge < -0.3 is 10.1 Å². The lowest BCUT2D eigenvalue weighted by atomic mass is 10.1. The molecule has 16 heavy (non-hydrogen) atoms. The number of rotatable bonds is 7. The molecule has 3 nitrogen and oxygen atoms in total. The summed E-state index contributed by atoms with van der Waals surface area (Å²) in [4.78, 5) is 4.28. The van der Waals surface area contributed by atoms with Crippen LogP contribution in [0.4, 0.5) is 0 Å². The minimum Gasteiger partial charge on any atom is -0.383 e. The van der Waals surface area contributed by atoms with Crippen molar-refractivity contribution in [3.63, 3.8) is 0 Å². The van der Waals surface area contributed by atoms with Gasteiger partial charge in [-0.2, -0.15) is 0 Å². The smallest absolute Gasteiger partial charge is 0.0615 e. The molecule has 0 radical (unpaired) electrons. The average molecular weight is 222 g/mol. The molecule has 0 bridgehead atoms. The van der Waals surface area contributed by atoms with E-state index in [0.717, 1.165) is 25.3 Å². The molecule has 0 spiro atoms. The van der Waals surface area contributed by atoms with Gasteiger partial charge in [-0.3, -0.25) is 4.98 Å². The first-order chi connectivity index (χ1) is 7.76. The standard InChI is InChI=1S/C13H22N2O/c1-4-5-13(10-16-3)15-9-12-7-6-11(2)14-8-12/h6-8,13,15H,4-5,9-10H2,1-3H3. The predicted molar refractivity (Wildman–Crippen MR) is 66.4 cm³/mol. The predicted octanol–water partition coefficient (Wildman–Crippen LogP) is 2.29. The highest BCUT2D eigenvalue weighted by Gasteiger charge is 2.06. The molecule has 0 aromatic carbocycles. The van der Waals surface area contributed by atoms with Crippen molar-refractivity contribution in [2.24, 2.45) is 0 Å². The lowest BCUT2D eigenvalue weighted by Crippen LogP contribution is -2.32. The molecule has 1 unspecified atom stereocenters. The van der Waals surface area contributed by atoms with Gasteiger partial charge in [0.2, 0.25) is 0 Å². The summed E-state index contributed by atoms with van der Waals surface area (Å²) in [6, 6.07) is 4.60. The average Bonchev–Trinajstić information content (AvgIpc) is 2.29. The minimum absolute atomic E-state index is 0.441. The van der Waals surface area contributed by atoms with E-state index in [9.17, 15) is 0 Å². The quantitative estimate of drug-likeness (QED) is 0.768. The fourth-order valence-electron chi connectivity index (χ4n) is 1.66. The number of aromatic nitrogens is 1. The van der Waals surface area contributed by atoms with Crippen molar-refractivity contribution in [2.75, 3.05) is 13.7 Å². The molecular weight excluding hydrogens is 200 g/mol. The molecule has 1 atom stereocenters. The zero-order chi connectivity index (χ0) is 11.8. The van der Waals surface area contributed by atoms with Gasteiger partial charge in [-0.25, -0.2) is 0 Å². The second kappa shape index (κ2) is 7.36. The Morgan fingerprint density at radius 3 is 2.81 bits per heavy atom. The van der Waals surface area contributed by atoms with Crippen molar-refractivity contribution in [2.45, 2.75) is 39.3 Å². The van der Waals surface area contributed by atoms with E-state index >= 15 is 0 Å². The fraction of sp³-hybridized carbons (Fsp3) is 0.615. The summed E-state index contributed by atoms with van der Waals surface area (Å²) < 4.78 is 5.19. The van der Waals surface area contributed by atoms with Gasteiger partial charge in [-0.1, -0.05) is 19.4 Å². The highest BCUT2D eigenvalue weighted by Crippen LogP contribution is 2.02. The van der Waals surface area contributed by atoms with Gasteiger partial charge in [-0.15, -0.1) is 0 Å². The third-order valence-electron chi connectivity index (χ3n) is 2.57. The van der Waals surface area contributed by atoms with E-state index in [2.05, 4.69) is 23.3 Å². The molecule has 3 heteroatoms. The summed E-state index contributed by atoms with van der Waals surface area (Å²) in [5.74, 6) is 0. The topological polar surface area (TPSA) is 34.1 Å². The van der Waals surface area contributed by atoms with Gasteiger partial charge in [0.05, 0.1) is 6.61 Å². The van der Waals surface area contributed by atoms with E-state index in [-0.39, 0.29) is 0 Å². The van der Waals surface area contributed by atoms with Crippen molar-refractivity contribution in [3.05, 3.63) is 29.6 Å². The van der Waals surface area contributed by atoms with E-state index < -0.39 is 0 Å². The highest BCUT2D eigenvalue weighted by atomic mass is 16.5. The lowest BCUT2D eigenvalue weighted by molar-refractivity contribution is 0.161. The first-order valence-electron chi connectivity index (χ1n) is 5.90. The molecule has 0 saturated heterocycles. The van der Waals surface area contributed by atoms with Gasteiger partial charge in [0.15, 0.2) is 0 Å². The highest BCUT2D eigenvalue weighted by molar-refractivity contribution is 5.12. The Labute approximate surface area is 98.2 Å². The van der Waals surface area contributed by atoms with Crippen LogP contribution in [0.5, 0.6) is 0 Å². The minimum atomic E-state index is 0.441. The molecule has 1 aromatic heterocycles. The number of nitrogens with one attached hydrogen (secondary N) is 1. The van der Waals surface area contributed by atoms with Crippen LogP contribution < -0.4 is 5.32 Å². The van der Waals surface area contributed by atoms with E-state index in [0.29, 0.717) is 6.04 Å². The van der Waals surface area contributed by atoms with Crippen LogP contribution >= 0.6 is 0 Å². The zero-order valence-corrected chi connectivity index (χ0v) is 10.5. The number of nitrogens with zero attached hydrogens (tertiary/aromatic N) is 1. The Morgan fingerprint density at radius 1 is 1.44 bits per heavy atom. The molecule has 1 rings (SSSR count). The molecule has 0 fully saturated rings. The second-order valence-electron chi connectivity index (χ2n) is 4.13. The summed E-state index contributed by atoms with van der Waals surface area (Å²) in [5.41, 5.74) is 2.29. The van der Waals surface area contributed by atoms with Crippen molar-refractivity contribution in [3.8, 4) is 0 Å². The monoisotopic (exact) mass is 222 g/mol. The Hall–Kier alpha value is -0.930. The first-order valence-corrected chi connectivity index (χ1v) is 5.90. The van der Waals surface area contributed by atoms with Gasteiger partial charge in [-0.05, 0) is 25.0 Å². The molecule has 0 saturated carbocycles. The first kappa shape index (κ1) is 13.1. The molecular formula is C13H22N2O. The maximum atomic E-state index is 5.19. The summed E-state index contributed by atoms with van der Waals surface area (Å²) in [6.07, 6.45) is 4.25. The van der Waals surface area contributed by atoms with Crippen LogP contribution in [0.1, 0.15) is 31.0 Å². The maximum Gasteiger partial charge on any atom is 0.0615 e. The number of hydrogen-bond donors (Lipinski definition) is 1. The van der Waals surface area contributed by atoms with Crippen molar-refractivity contribution in [1.29, 1.82) is 0 Å². The molecule has 1 aromatic rings. The van der Waals surface area contributed by atoms with E-state index in [1.165, 1.54) is 12.0 Å². The second-order valence-corrected chi connectivity index (χ2v) is 4.13. The van der Waals surface area contributed by atoms with Crippen LogP contribution in [0.15, 0.2) is 18.3 Å². The zero-order valence-electron chi connectivity index (χ0n) is 10.5. The Balaban J connectivity index is 2.38. The maximum absolute atomic E-state index is 5.19. The number of aryl methyl sites for hydroxylation is 1. The Bertz CT molecular complexity index is 278. The molecule has 1 heterocycles. The summed E-state index contributed by atoms with van der Waals surface area (Å²) in [5, 5.41) is 3.49. The van der Waals surface area contributed by atoms with E-state index in [1.54, 1.807) is 7.11 Å². The van der Waals surface area contributed by atoms with Crippen molar-refractivity contribution in [1.82, 2.24) is 10.3 Å². The van der Waals surface area contributed by atoms with Crippen molar-refractivity contribution >= 4 is 0 Å². The van der Waals surface area contributed by atoms with Crippen molar-refractivity contribution < 1.29 is 4.74 Å². The number of pyridine rings is 1. The van der Waals surface area contributed by atoms with Gasteiger partial charge in [0.1, 0.15) is 0 Å². The summed E-state index contributed by atoms with van der Waals surface area (Å²) >= 11 is 0. The summed E-state index contributed by atoms with van der Waals surface area (Å²) in [6.45, 7) is 5.83. The van der Waals surface area contributed by atoms with Crippen LogP contribution in [0.2, 0.25) is 0 Å². The normalized spacial score (nSPS) is 12.7. The van der Waals surface area contributed by atoms with Crippen LogP contribution in [0, 0.1) is 6.92 Å². The van der Waals surface area contributed by atoms with Crippen LogP contribution in [0.3, 0.4) is 0 Å². The fourth-order valence-corrected chi connectivity index (χ4v) is 1.66. The van der Waals surface area contributed by atoms with Gasteiger partial charge >= 0.3 is 0 Å². The van der Waals surface area contributed by atoms with Crippen LogP contribution in [-0.4, -0.2) is 24.7 Å². The molecule has 0 aliphatic rings. The Morgan fingerprint density at radius 2 is 2.25 bits per heavy atom. The summed E-state index contributed by atoms with van der Waals surface area (Å²) in [7, 11) is 1.75. The molecule has 90 valence electrons. The molecule has 0 aliphatic heterocycles. The third-order valence-corrected chi connectivity index (χ3v) is 2.57. The van der Waals surface area contributed by atoms with Gasteiger partial charge in [0.25, 0.3) is 0 Å². The van der Waals surface area contributed by atoms with Crippen LogP contribution in [0.25, 0.3) is 0 Å².